The molecule has 0 radical (unpaired) electrons. The summed E-state index contributed by atoms with van der Waals surface area (Å²) in [5, 5.41) is 7.32. The minimum absolute atomic E-state index is 0.980. The fraction of sp³-hybridized carbons (Fsp3) is 1.00. The van der Waals surface area contributed by atoms with Gasteiger partial charge in [0.1, 0.15) is 13.4 Å². The Balaban J connectivity index is 3.29. The Morgan fingerprint density at radius 2 is 0.714 bits per heavy atom. The Bertz CT molecular complexity index is 250. The Kier molecular flexibility index (Phi) is 23.4. The number of hydrogen-bond donors (Lipinski definition) is 2. The molecule has 0 saturated carbocycles. The first kappa shape index (κ1) is 28.0. The highest BCUT2D eigenvalue weighted by Crippen LogP contribution is 2.13. The topological polar surface area (TPSA) is 24.1 Å². The van der Waals surface area contributed by atoms with Gasteiger partial charge in [0.25, 0.3) is 0 Å². The lowest BCUT2D eigenvalue weighted by Crippen LogP contribution is -2.20. The van der Waals surface area contributed by atoms with Crippen LogP contribution < -0.4 is 10.6 Å². The number of hydrogen-bond acceptors (Lipinski definition) is 2. The van der Waals surface area contributed by atoms with Crippen LogP contribution in [0.4, 0.5) is 0 Å². The van der Waals surface area contributed by atoms with Crippen molar-refractivity contribution in [2.24, 2.45) is 0 Å². The molecule has 0 rings (SSSR count). The van der Waals surface area contributed by atoms with Crippen LogP contribution in [0.5, 0.6) is 0 Å². The van der Waals surface area contributed by atoms with Gasteiger partial charge < -0.3 is 10.6 Å². The molecule has 4 heteroatoms. The van der Waals surface area contributed by atoms with Gasteiger partial charge in [-0.05, 0) is 51.9 Å². The van der Waals surface area contributed by atoms with Crippen LogP contribution in [0, 0.1) is 0 Å². The van der Waals surface area contributed by atoms with E-state index in [4.69, 9.17) is 0 Å². The maximum atomic E-state index is 3.66. The second-order valence-corrected chi connectivity index (χ2v) is 9.09. The molecule has 0 spiro atoms. The second kappa shape index (κ2) is 23.3. The Hall–Kier alpha value is 0.0499. The minimum Gasteiger partial charge on any atom is -0.317 e. The van der Waals surface area contributed by atoms with Crippen molar-refractivity contribution < 1.29 is 0 Å². The van der Waals surface area contributed by atoms with E-state index in [1.165, 1.54) is 128 Å². The van der Waals surface area contributed by atoms with Crippen LogP contribution in [-0.4, -0.2) is 39.6 Å². The zero-order valence-electron chi connectivity index (χ0n) is 20.3. The lowest BCUT2D eigenvalue weighted by Gasteiger charge is -2.12. The molecule has 166 valence electrons. The van der Waals surface area contributed by atoms with E-state index in [1.807, 2.05) is 0 Å². The average Bonchev–Trinajstić information content (AvgIpc) is 2.68. The highest BCUT2D eigenvalue weighted by molar-refractivity contribution is 6.59. The normalized spacial score (nSPS) is 11.1. The van der Waals surface area contributed by atoms with E-state index in [1.54, 1.807) is 0 Å². The minimum atomic E-state index is 0.980. The maximum Gasteiger partial charge on any atom is 0.139 e. The molecule has 0 aliphatic heterocycles. The number of rotatable bonds is 23. The lowest BCUT2D eigenvalue weighted by molar-refractivity contribution is 0.560. The van der Waals surface area contributed by atoms with Crippen molar-refractivity contribution in [3.63, 3.8) is 0 Å². The first-order valence-corrected chi connectivity index (χ1v) is 13.2. The van der Waals surface area contributed by atoms with E-state index in [2.05, 4.69) is 38.3 Å². The van der Waals surface area contributed by atoms with E-state index in [0.717, 1.165) is 13.4 Å². The molecule has 0 fully saturated rings. The molecule has 0 unspecified atom stereocenters. The molecule has 2 N–H and O–H groups in total. The smallest absolute Gasteiger partial charge is 0.139 e. The van der Waals surface area contributed by atoms with E-state index >= 15 is 0 Å². The van der Waals surface area contributed by atoms with Crippen molar-refractivity contribution in [1.82, 2.24) is 10.6 Å². The van der Waals surface area contributed by atoms with Crippen molar-refractivity contribution >= 4 is 13.4 Å². The van der Waals surface area contributed by atoms with Crippen LogP contribution in [0.2, 0.25) is 37.9 Å². The van der Waals surface area contributed by atoms with Gasteiger partial charge in [-0.25, -0.2) is 0 Å². The molecule has 0 aromatic heterocycles. The number of nitrogens with one attached hydrogen (secondary N) is 2. The molecular formula is C24H54B2N2. The van der Waals surface area contributed by atoms with Gasteiger partial charge in [0.15, 0.2) is 0 Å². The van der Waals surface area contributed by atoms with Crippen LogP contribution in [-0.2, 0) is 0 Å². The van der Waals surface area contributed by atoms with Gasteiger partial charge in [-0.15, -0.1) is 0 Å². The summed E-state index contributed by atoms with van der Waals surface area (Å²) in [7, 11) is 0. The van der Waals surface area contributed by atoms with E-state index in [0.29, 0.717) is 0 Å². The van der Waals surface area contributed by atoms with Crippen LogP contribution in [0.15, 0.2) is 0 Å². The molecular weight excluding hydrogens is 338 g/mol. The molecule has 0 aromatic rings. The summed E-state index contributed by atoms with van der Waals surface area (Å²) in [6.45, 7) is 16.2. The van der Waals surface area contributed by atoms with Crippen LogP contribution in [0.3, 0.4) is 0 Å². The summed E-state index contributed by atoms with van der Waals surface area (Å²) in [6.07, 6.45) is 22.2. The Morgan fingerprint density at radius 3 is 1.04 bits per heavy atom. The van der Waals surface area contributed by atoms with Crippen LogP contribution >= 0.6 is 0 Å². The standard InChI is InChI=1S/C24H54B2N2/c1-5-15-25(16-6-2)19-13-23-27-21-11-9-10-12-22-28-24-14-20-26(17-7-3)18-8-4/h27-28H,5-24H2,1-4H3. The molecule has 0 heterocycles. The summed E-state index contributed by atoms with van der Waals surface area (Å²) in [5.74, 6) is 0. The van der Waals surface area contributed by atoms with E-state index in [9.17, 15) is 0 Å². The van der Waals surface area contributed by atoms with Gasteiger partial charge in [0.05, 0.1) is 0 Å². The summed E-state index contributed by atoms with van der Waals surface area (Å²) in [5.41, 5.74) is 0. The largest absolute Gasteiger partial charge is 0.317 e. The SMILES string of the molecule is CCCB(CCC)CCCNCCCCCCNCCCB(CCC)CCC. The molecule has 0 bridgehead atoms. The second-order valence-electron chi connectivity index (χ2n) is 9.09. The van der Waals surface area contributed by atoms with E-state index in [-0.39, 0.29) is 0 Å². The predicted molar refractivity (Wildman–Crippen MR) is 135 cm³/mol. The maximum absolute atomic E-state index is 3.66. The van der Waals surface area contributed by atoms with Crippen molar-refractivity contribution in [1.29, 1.82) is 0 Å². The zero-order valence-corrected chi connectivity index (χ0v) is 20.3. The third-order valence-corrected chi connectivity index (χ3v) is 6.18. The third kappa shape index (κ3) is 19.4. The summed E-state index contributed by atoms with van der Waals surface area (Å²) < 4.78 is 0. The lowest BCUT2D eigenvalue weighted by atomic mass is 9.41. The summed E-state index contributed by atoms with van der Waals surface area (Å²) >= 11 is 0. The Morgan fingerprint density at radius 1 is 0.393 bits per heavy atom. The molecule has 2 nitrogen and oxygen atoms in total. The predicted octanol–water partition coefficient (Wildman–Crippen LogP) is 7.14. The van der Waals surface area contributed by atoms with Crippen molar-refractivity contribution in [2.75, 3.05) is 26.2 Å². The summed E-state index contributed by atoms with van der Waals surface area (Å²) in [6, 6.07) is 0. The highest BCUT2D eigenvalue weighted by atomic mass is 14.8. The molecule has 0 aliphatic rings. The van der Waals surface area contributed by atoms with Crippen LogP contribution in [0.1, 0.15) is 91.9 Å². The fourth-order valence-electron chi connectivity index (χ4n) is 4.63. The molecule has 28 heavy (non-hydrogen) atoms. The third-order valence-electron chi connectivity index (χ3n) is 6.18. The van der Waals surface area contributed by atoms with Gasteiger partial charge in [-0.2, -0.15) is 0 Å². The fourth-order valence-corrected chi connectivity index (χ4v) is 4.63. The van der Waals surface area contributed by atoms with Gasteiger partial charge in [0, 0.05) is 0 Å². The van der Waals surface area contributed by atoms with Crippen LogP contribution in [0.25, 0.3) is 0 Å². The quantitative estimate of drug-likeness (QED) is 0.143. The van der Waals surface area contributed by atoms with Gasteiger partial charge in [0.2, 0.25) is 0 Å². The molecule has 0 amide bonds. The molecule has 0 saturated heterocycles. The first-order valence-electron chi connectivity index (χ1n) is 13.2. The monoisotopic (exact) mass is 392 g/mol. The zero-order chi connectivity index (χ0) is 20.7. The molecule has 0 atom stereocenters. The molecule has 0 aliphatic carbocycles. The van der Waals surface area contributed by atoms with Crippen molar-refractivity contribution in [2.45, 2.75) is 130 Å². The molecule has 0 aromatic carbocycles. The first-order chi connectivity index (χ1) is 13.8. The van der Waals surface area contributed by atoms with Crippen molar-refractivity contribution in [3.8, 4) is 0 Å². The van der Waals surface area contributed by atoms with Gasteiger partial charge in [-0.3, -0.25) is 0 Å². The Labute approximate surface area is 180 Å². The van der Waals surface area contributed by atoms with Gasteiger partial charge >= 0.3 is 0 Å². The average molecular weight is 392 g/mol. The number of unbranched alkanes of at least 4 members (excludes halogenated alkanes) is 3. The summed E-state index contributed by atoms with van der Waals surface area (Å²) in [4.78, 5) is 0. The van der Waals surface area contributed by atoms with E-state index < -0.39 is 0 Å². The van der Waals surface area contributed by atoms with Gasteiger partial charge in [-0.1, -0.05) is 104 Å². The highest BCUT2D eigenvalue weighted by Gasteiger charge is 2.11. The van der Waals surface area contributed by atoms with Crippen molar-refractivity contribution in [3.05, 3.63) is 0 Å².